The van der Waals surface area contributed by atoms with E-state index < -0.39 is 0 Å². The first-order valence-electron chi connectivity index (χ1n) is 6.48. The maximum atomic E-state index is 9.13. The Morgan fingerprint density at radius 3 is 2.28 bits per heavy atom. The highest BCUT2D eigenvalue weighted by Crippen LogP contribution is 2.33. The number of ether oxygens (including phenoxy) is 2. The highest BCUT2D eigenvalue weighted by Gasteiger charge is 2.15. The van der Waals surface area contributed by atoms with Crippen LogP contribution in [0.2, 0.25) is 0 Å². The summed E-state index contributed by atoms with van der Waals surface area (Å²) in [5.41, 5.74) is 0.524. The van der Waals surface area contributed by atoms with Crippen LogP contribution in [-0.2, 0) is 0 Å². The lowest BCUT2D eigenvalue weighted by molar-refractivity contribution is 0.176. The molecule has 18 heavy (non-hydrogen) atoms. The number of nitrogens with zero attached hydrogens (tertiary/aromatic N) is 1. The molecule has 3 nitrogen and oxygen atoms in total. The minimum Gasteiger partial charge on any atom is -0.487 e. The van der Waals surface area contributed by atoms with Crippen LogP contribution in [0.4, 0.5) is 0 Å². The second-order valence-corrected chi connectivity index (χ2v) is 4.42. The van der Waals surface area contributed by atoms with Crippen molar-refractivity contribution in [3.8, 4) is 17.6 Å². The smallest absolute Gasteiger partial charge is 0.179 e. The lowest BCUT2D eigenvalue weighted by Gasteiger charge is -2.20. The molecule has 0 amide bonds. The van der Waals surface area contributed by atoms with E-state index in [-0.39, 0.29) is 12.2 Å². The van der Waals surface area contributed by atoms with Crippen molar-refractivity contribution in [1.29, 1.82) is 5.26 Å². The zero-order chi connectivity index (χ0) is 13.5. The van der Waals surface area contributed by atoms with Crippen LogP contribution >= 0.6 is 0 Å². The second kappa shape index (κ2) is 6.90. The molecule has 98 valence electrons. The number of hydrogen-bond acceptors (Lipinski definition) is 3. The van der Waals surface area contributed by atoms with E-state index in [0.29, 0.717) is 17.1 Å². The number of benzene rings is 1. The van der Waals surface area contributed by atoms with Gasteiger partial charge in [-0.25, -0.2) is 0 Å². The van der Waals surface area contributed by atoms with Crippen molar-refractivity contribution < 1.29 is 9.47 Å². The quantitative estimate of drug-likeness (QED) is 0.765. The summed E-state index contributed by atoms with van der Waals surface area (Å²) < 4.78 is 11.6. The first kappa shape index (κ1) is 14.4. The van der Waals surface area contributed by atoms with E-state index in [1.54, 1.807) is 6.07 Å². The van der Waals surface area contributed by atoms with Gasteiger partial charge in [0.25, 0.3) is 0 Å². The molecule has 0 aromatic heterocycles. The molecule has 0 aliphatic heterocycles. The number of hydrogen-bond donors (Lipinski definition) is 0. The highest BCUT2D eigenvalue weighted by molar-refractivity contribution is 5.52. The van der Waals surface area contributed by atoms with Gasteiger partial charge < -0.3 is 9.47 Å². The van der Waals surface area contributed by atoms with Gasteiger partial charge in [-0.1, -0.05) is 19.9 Å². The molecular weight excluding hydrogens is 226 g/mol. The monoisotopic (exact) mass is 247 g/mol. The van der Waals surface area contributed by atoms with Crippen LogP contribution in [0.5, 0.6) is 11.5 Å². The van der Waals surface area contributed by atoms with Gasteiger partial charge >= 0.3 is 0 Å². The summed E-state index contributed by atoms with van der Waals surface area (Å²) in [5.74, 6) is 1.22. The minimum atomic E-state index is 0.0683. The minimum absolute atomic E-state index is 0.0683. The van der Waals surface area contributed by atoms with Crippen LogP contribution in [0.25, 0.3) is 0 Å². The van der Waals surface area contributed by atoms with Crippen molar-refractivity contribution >= 4 is 0 Å². The molecule has 0 fully saturated rings. The van der Waals surface area contributed by atoms with Crippen LogP contribution in [0.15, 0.2) is 18.2 Å². The zero-order valence-electron chi connectivity index (χ0n) is 11.6. The molecule has 0 spiro atoms. The van der Waals surface area contributed by atoms with Gasteiger partial charge in [-0.05, 0) is 38.8 Å². The summed E-state index contributed by atoms with van der Waals surface area (Å²) >= 11 is 0. The molecule has 0 aliphatic rings. The summed E-state index contributed by atoms with van der Waals surface area (Å²) in [7, 11) is 0. The van der Waals surface area contributed by atoms with Crippen LogP contribution < -0.4 is 9.47 Å². The summed E-state index contributed by atoms with van der Waals surface area (Å²) in [6, 6.07) is 7.57. The molecule has 0 saturated carbocycles. The standard InChI is InChI=1S/C15H21NO2/c1-5-11(3)17-14-9-7-8-13(10-16)15(14)18-12(4)6-2/h7-9,11-12H,5-6H2,1-4H3. The van der Waals surface area contributed by atoms with E-state index in [0.717, 1.165) is 12.8 Å². The predicted octanol–water partition coefficient (Wildman–Crippen LogP) is 3.91. The molecular formula is C15H21NO2. The van der Waals surface area contributed by atoms with Crippen molar-refractivity contribution in [2.24, 2.45) is 0 Å². The Balaban J connectivity index is 3.05. The number of para-hydroxylation sites is 1. The summed E-state index contributed by atoms with van der Waals surface area (Å²) in [4.78, 5) is 0. The molecule has 2 atom stereocenters. The molecule has 0 saturated heterocycles. The van der Waals surface area contributed by atoms with E-state index in [1.165, 1.54) is 0 Å². The van der Waals surface area contributed by atoms with Gasteiger partial charge in [0.05, 0.1) is 17.8 Å². The zero-order valence-corrected chi connectivity index (χ0v) is 11.6. The van der Waals surface area contributed by atoms with E-state index in [2.05, 4.69) is 19.9 Å². The van der Waals surface area contributed by atoms with Crippen molar-refractivity contribution in [1.82, 2.24) is 0 Å². The van der Waals surface area contributed by atoms with Gasteiger partial charge in [-0.3, -0.25) is 0 Å². The summed E-state index contributed by atoms with van der Waals surface area (Å²) in [5, 5.41) is 9.13. The average molecular weight is 247 g/mol. The van der Waals surface area contributed by atoms with Gasteiger partial charge in [0.2, 0.25) is 0 Å². The van der Waals surface area contributed by atoms with Crippen LogP contribution in [0, 0.1) is 11.3 Å². The first-order valence-corrected chi connectivity index (χ1v) is 6.48. The SMILES string of the molecule is CCC(C)Oc1cccc(C#N)c1OC(C)CC. The molecule has 1 aromatic rings. The Labute approximate surface area is 109 Å². The Morgan fingerprint density at radius 2 is 1.72 bits per heavy atom. The van der Waals surface area contributed by atoms with Crippen LogP contribution in [0.3, 0.4) is 0 Å². The first-order chi connectivity index (χ1) is 8.62. The van der Waals surface area contributed by atoms with Crippen molar-refractivity contribution in [2.45, 2.75) is 52.7 Å². The largest absolute Gasteiger partial charge is 0.487 e. The van der Waals surface area contributed by atoms with Crippen LogP contribution in [-0.4, -0.2) is 12.2 Å². The molecule has 1 aromatic carbocycles. The second-order valence-electron chi connectivity index (χ2n) is 4.42. The van der Waals surface area contributed by atoms with E-state index in [4.69, 9.17) is 14.7 Å². The molecule has 0 N–H and O–H groups in total. The van der Waals surface area contributed by atoms with E-state index >= 15 is 0 Å². The molecule has 1 rings (SSSR count). The number of nitriles is 1. The molecule has 0 radical (unpaired) electrons. The maximum absolute atomic E-state index is 9.13. The Bertz CT molecular complexity index is 423. The lowest BCUT2D eigenvalue weighted by atomic mass is 10.2. The van der Waals surface area contributed by atoms with E-state index in [1.807, 2.05) is 26.0 Å². The average Bonchev–Trinajstić information content (AvgIpc) is 2.40. The fraction of sp³-hybridized carbons (Fsp3) is 0.533. The van der Waals surface area contributed by atoms with Crippen molar-refractivity contribution in [3.63, 3.8) is 0 Å². The van der Waals surface area contributed by atoms with Gasteiger partial charge in [-0.2, -0.15) is 5.26 Å². The highest BCUT2D eigenvalue weighted by atomic mass is 16.5. The summed E-state index contributed by atoms with van der Waals surface area (Å²) in [6.07, 6.45) is 1.99. The Hall–Kier alpha value is -1.69. The van der Waals surface area contributed by atoms with Crippen molar-refractivity contribution in [3.05, 3.63) is 23.8 Å². The molecule has 0 aliphatic carbocycles. The van der Waals surface area contributed by atoms with Gasteiger partial charge in [0.15, 0.2) is 11.5 Å². The molecule has 0 heterocycles. The topological polar surface area (TPSA) is 42.2 Å². The summed E-state index contributed by atoms with van der Waals surface area (Å²) in [6.45, 7) is 8.11. The molecule has 2 unspecified atom stereocenters. The van der Waals surface area contributed by atoms with Crippen molar-refractivity contribution in [2.75, 3.05) is 0 Å². The molecule has 3 heteroatoms. The predicted molar refractivity (Wildman–Crippen MR) is 71.9 cm³/mol. The Morgan fingerprint density at radius 1 is 1.11 bits per heavy atom. The number of rotatable bonds is 6. The van der Waals surface area contributed by atoms with Gasteiger partial charge in [0, 0.05) is 0 Å². The Kier molecular flexibility index (Phi) is 5.51. The third-order valence-corrected chi connectivity index (χ3v) is 2.90. The fourth-order valence-corrected chi connectivity index (χ4v) is 1.40. The third-order valence-electron chi connectivity index (χ3n) is 2.90. The molecule has 0 bridgehead atoms. The lowest BCUT2D eigenvalue weighted by Crippen LogP contribution is -2.15. The van der Waals surface area contributed by atoms with Gasteiger partial charge in [0.1, 0.15) is 6.07 Å². The van der Waals surface area contributed by atoms with Gasteiger partial charge in [-0.15, -0.1) is 0 Å². The normalized spacial score (nSPS) is 13.5. The van der Waals surface area contributed by atoms with E-state index in [9.17, 15) is 0 Å². The fourth-order valence-electron chi connectivity index (χ4n) is 1.40. The maximum Gasteiger partial charge on any atom is 0.179 e. The van der Waals surface area contributed by atoms with Crippen LogP contribution in [0.1, 0.15) is 46.1 Å². The third kappa shape index (κ3) is 3.66.